The number of fused-ring (bicyclic) bond motifs is 3. The number of para-hydroxylation sites is 1. The van der Waals surface area contributed by atoms with Gasteiger partial charge >= 0.3 is 11.7 Å². The van der Waals surface area contributed by atoms with Gasteiger partial charge in [-0.05, 0) is 72.4 Å². The van der Waals surface area contributed by atoms with Crippen molar-refractivity contribution in [3.05, 3.63) is 127 Å². The Morgan fingerprint density at radius 2 is 1.82 bits per heavy atom. The third kappa shape index (κ3) is 5.75. The number of benzene rings is 3. The molecule has 0 saturated carbocycles. The molecule has 1 aliphatic carbocycles. The van der Waals surface area contributed by atoms with Crippen LogP contribution in [0.25, 0.3) is 16.7 Å². The van der Waals surface area contributed by atoms with Crippen LogP contribution < -0.4 is 21.7 Å². The van der Waals surface area contributed by atoms with Gasteiger partial charge in [-0.1, -0.05) is 35.9 Å². The molecule has 50 heavy (non-hydrogen) atoms. The molecule has 0 saturated heterocycles. The van der Waals surface area contributed by atoms with Crippen LogP contribution in [0.4, 0.5) is 5.69 Å². The van der Waals surface area contributed by atoms with Crippen molar-refractivity contribution < 1.29 is 28.7 Å². The van der Waals surface area contributed by atoms with Crippen LogP contribution in [0.3, 0.4) is 0 Å². The lowest BCUT2D eigenvalue weighted by Gasteiger charge is -2.16. The number of halogens is 1. The number of aryl methyl sites for hydroxylation is 1. The number of carbonyl (C=O) groups excluding carboxylic acids is 3. The Hall–Kier alpha value is -6.28. The number of anilines is 1. The second-order valence-electron chi connectivity index (χ2n) is 11.8. The summed E-state index contributed by atoms with van der Waals surface area (Å²) in [6.07, 6.45) is 2.35. The Balaban J connectivity index is 1.22. The highest BCUT2D eigenvalue weighted by Crippen LogP contribution is 2.35. The predicted octanol–water partition coefficient (Wildman–Crippen LogP) is 4.43. The summed E-state index contributed by atoms with van der Waals surface area (Å²) < 4.78 is 7.72. The number of oxazole rings is 1. The number of carboxylic acid groups (broad SMARTS) is 1. The SMILES string of the molecule is Cc1c(C(=O)O)ccc2c1CC[C@@H]2NC(=O)c1cc(C(=O)NCc2ccc3oc(=O)n(C)c3c2)nc2c(C(=O)Nc3ccccc3Cl)cnn12. The Labute approximate surface area is 287 Å². The Morgan fingerprint density at radius 3 is 2.60 bits per heavy atom. The highest BCUT2D eigenvalue weighted by molar-refractivity contribution is 6.34. The standard InChI is InChI=1S/C35H28ClN7O7/c1-17-19-10-11-24(21(19)9-8-20(17)34(47)48)40-33(46)28-14-26(32(45)37-15-18-7-12-29-27(13-18)42(2)35(49)50-29)39-30-22(16-38-43(28)30)31(44)41-25-6-4-3-5-23(25)36/h3-9,12-14,16,24H,10-11,15H2,1-2H3,(H,37,45)(H,40,46)(H,41,44)(H,47,48)/t24-/m0/s1. The fourth-order valence-electron chi connectivity index (χ4n) is 6.20. The van der Waals surface area contributed by atoms with Gasteiger partial charge in [-0.25, -0.2) is 19.1 Å². The molecule has 0 spiro atoms. The summed E-state index contributed by atoms with van der Waals surface area (Å²) in [4.78, 5) is 69.0. The second-order valence-corrected chi connectivity index (χ2v) is 12.2. The lowest BCUT2D eigenvalue weighted by Crippen LogP contribution is -2.31. The molecule has 1 atom stereocenters. The molecular formula is C35H28ClN7O7. The number of nitrogens with one attached hydrogen (secondary N) is 3. The van der Waals surface area contributed by atoms with Gasteiger partial charge in [0.1, 0.15) is 17.0 Å². The third-order valence-electron chi connectivity index (χ3n) is 8.84. The van der Waals surface area contributed by atoms with Crippen LogP contribution in [-0.2, 0) is 20.0 Å². The molecule has 6 aromatic rings. The van der Waals surface area contributed by atoms with Crippen molar-refractivity contribution in [2.24, 2.45) is 7.05 Å². The van der Waals surface area contributed by atoms with E-state index in [1.54, 1.807) is 62.5 Å². The minimum Gasteiger partial charge on any atom is -0.478 e. The number of hydrogen-bond donors (Lipinski definition) is 4. The summed E-state index contributed by atoms with van der Waals surface area (Å²) in [7, 11) is 1.58. The van der Waals surface area contributed by atoms with Crippen molar-refractivity contribution >= 4 is 57.7 Å². The summed E-state index contributed by atoms with van der Waals surface area (Å²) >= 11 is 6.25. The molecule has 3 aromatic heterocycles. The second kappa shape index (κ2) is 12.6. The van der Waals surface area contributed by atoms with Crippen LogP contribution in [0.5, 0.6) is 0 Å². The molecule has 4 N–H and O–H groups in total. The zero-order valence-electron chi connectivity index (χ0n) is 26.6. The molecule has 7 rings (SSSR count). The average Bonchev–Trinajstić information content (AvgIpc) is 3.79. The van der Waals surface area contributed by atoms with E-state index in [-0.39, 0.29) is 34.7 Å². The highest BCUT2D eigenvalue weighted by Gasteiger charge is 2.30. The summed E-state index contributed by atoms with van der Waals surface area (Å²) in [6, 6.07) is 15.8. The molecule has 0 aliphatic heterocycles. The quantitative estimate of drug-likeness (QED) is 0.179. The lowest BCUT2D eigenvalue weighted by molar-refractivity contribution is 0.0695. The van der Waals surface area contributed by atoms with Crippen LogP contribution >= 0.6 is 11.6 Å². The number of hydrogen-bond acceptors (Lipinski definition) is 8. The van der Waals surface area contributed by atoms with Crippen molar-refractivity contribution in [3.8, 4) is 0 Å². The van der Waals surface area contributed by atoms with E-state index in [0.29, 0.717) is 45.8 Å². The number of carbonyl (C=O) groups is 4. The van der Waals surface area contributed by atoms with Crippen LogP contribution in [-0.4, -0.2) is 48.0 Å². The molecule has 0 fully saturated rings. The van der Waals surface area contributed by atoms with E-state index in [4.69, 9.17) is 16.0 Å². The average molecular weight is 694 g/mol. The van der Waals surface area contributed by atoms with Crippen molar-refractivity contribution in [1.82, 2.24) is 29.8 Å². The Kier molecular flexibility index (Phi) is 8.15. The normalized spacial score (nSPS) is 13.7. The number of amides is 3. The van der Waals surface area contributed by atoms with Gasteiger partial charge in [0.05, 0.1) is 34.0 Å². The van der Waals surface area contributed by atoms with Gasteiger partial charge in [0.25, 0.3) is 17.7 Å². The lowest BCUT2D eigenvalue weighted by atomic mass is 9.98. The van der Waals surface area contributed by atoms with Gasteiger partial charge in [-0.3, -0.25) is 19.0 Å². The zero-order chi connectivity index (χ0) is 35.3. The predicted molar refractivity (Wildman–Crippen MR) is 182 cm³/mol. The number of nitrogens with zero attached hydrogens (tertiary/aromatic N) is 4. The maximum atomic E-state index is 13.9. The molecule has 1 aliphatic rings. The fourth-order valence-corrected chi connectivity index (χ4v) is 6.39. The minimum atomic E-state index is -1.02. The van der Waals surface area contributed by atoms with Crippen molar-refractivity contribution in [2.45, 2.75) is 32.4 Å². The first-order valence-electron chi connectivity index (χ1n) is 15.5. The largest absolute Gasteiger partial charge is 0.478 e. The Bertz CT molecular complexity index is 2460. The summed E-state index contributed by atoms with van der Waals surface area (Å²) in [6.45, 7) is 1.80. The van der Waals surface area contributed by atoms with Gasteiger partial charge in [0.2, 0.25) is 0 Å². The molecule has 252 valence electrons. The molecule has 0 radical (unpaired) electrons. The maximum absolute atomic E-state index is 13.9. The highest BCUT2D eigenvalue weighted by atomic mass is 35.5. The van der Waals surface area contributed by atoms with Gasteiger partial charge in [0.15, 0.2) is 11.2 Å². The molecule has 3 amide bonds. The first-order chi connectivity index (χ1) is 24.0. The van der Waals surface area contributed by atoms with E-state index >= 15 is 0 Å². The maximum Gasteiger partial charge on any atom is 0.419 e. The molecule has 0 bridgehead atoms. The fraction of sp³-hybridized carbons (Fsp3) is 0.171. The first-order valence-corrected chi connectivity index (χ1v) is 15.9. The molecule has 0 unspecified atom stereocenters. The van der Waals surface area contributed by atoms with Crippen molar-refractivity contribution in [2.75, 3.05) is 5.32 Å². The van der Waals surface area contributed by atoms with E-state index < -0.39 is 35.5 Å². The molecular weight excluding hydrogens is 666 g/mol. The number of rotatable bonds is 8. The van der Waals surface area contributed by atoms with Gasteiger partial charge in [0, 0.05) is 19.7 Å². The summed E-state index contributed by atoms with van der Waals surface area (Å²) in [5, 5.41) is 22.6. The van der Waals surface area contributed by atoms with Crippen LogP contribution in [0.15, 0.2) is 76.1 Å². The van der Waals surface area contributed by atoms with E-state index in [2.05, 4.69) is 26.0 Å². The number of carboxylic acids is 1. The molecule has 3 heterocycles. The van der Waals surface area contributed by atoms with Crippen LogP contribution in [0.2, 0.25) is 5.02 Å². The molecule has 3 aromatic carbocycles. The summed E-state index contributed by atoms with van der Waals surface area (Å²) in [5.74, 6) is -3.37. The van der Waals surface area contributed by atoms with Crippen LogP contribution in [0, 0.1) is 6.92 Å². The zero-order valence-corrected chi connectivity index (χ0v) is 27.4. The first kappa shape index (κ1) is 32.3. The molecule has 15 heteroatoms. The topological polar surface area (TPSA) is 190 Å². The Morgan fingerprint density at radius 1 is 1.02 bits per heavy atom. The van der Waals surface area contributed by atoms with Gasteiger partial charge in [-0.15, -0.1) is 0 Å². The minimum absolute atomic E-state index is 0.0111. The van der Waals surface area contributed by atoms with Crippen molar-refractivity contribution in [1.29, 1.82) is 0 Å². The van der Waals surface area contributed by atoms with Gasteiger partial charge in [-0.2, -0.15) is 5.10 Å². The third-order valence-corrected chi connectivity index (χ3v) is 9.17. The number of aromatic nitrogens is 4. The monoisotopic (exact) mass is 693 g/mol. The van der Waals surface area contributed by atoms with E-state index in [1.165, 1.54) is 27.4 Å². The number of aromatic carboxylic acids is 1. The van der Waals surface area contributed by atoms with E-state index in [1.807, 2.05) is 0 Å². The molecule has 14 nitrogen and oxygen atoms in total. The summed E-state index contributed by atoms with van der Waals surface area (Å²) in [5.41, 5.74) is 4.22. The van der Waals surface area contributed by atoms with Crippen LogP contribution in [0.1, 0.15) is 76.4 Å². The van der Waals surface area contributed by atoms with E-state index in [0.717, 1.165) is 11.1 Å². The van der Waals surface area contributed by atoms with Crippen molar-refractivity contribution in [3.63, 3.8) is 0 Å². The van der Waals surface area contributed by atoms with E-state index in [9.17, 15) is 29.1 Å². The van der Waals surface area contributed by atoms with Gasteiger partial charge < -0.3 is 25.5 Å². The smallest absolute Gasteiger partial charge is 0.419 e.